The SMILES string of the molecule is CCN1CCN(CC(=O)O)CCCN(CC(=O)O)C(C(C)C)CN(COC=O)CC1. The summed E-state index contributed by atoms with van der Waals surface area (Å²) in [4.78, 5) is 41.6. The molecular formula is C20H38N4O6. The highest BCUT2D eigenvalue weighted by molar-refractivity contribution is 5.69. The van der Waals surface area contributed by atoms with Gasteiger partial charge in [0.05, 0.1) is 13.1 Å². The Morgan fingerprint density at radius 1 is 0.967 bits per heavy atom. The maximum Gasteiger partial charge on any atom is 0.317 e. The molecule has 1 aliphatic rings. The van der Waals surface area contributed by atoms with Crippen molar-refractivity contribution in [3.8, 4) is 0 Å². The van der Waals surface area contributed by atoms with Crippen molar-refractivity contribution in [1.82, 2.24) is 19.6 Å². The zero-order valence-corrected chi connectivity index (χ0v) is 18.5. The fourth-order valence-corrected chi connectivity index (χ4v) is 3.85. The molecule has 174 valence electrons. The molecule has 0 aromatic heterocycles. The van der Waals surface area contributed by atoms with Crippen molar-refractivity contribution in [2.75, 3.05) is 72.2 Å². The highest BCUT2D eigenvalue weighted by Gasteiger charge is 2.27. The number of hydrogen-bond donors (Lipinski definition) is 2. The molecule has 1 saturated heterocycles. The molecule has 2 N–H and O–H groups in total. The van der Waals surface area contributed by atoms with E-state index >= 15 is 0 Å². The number of carbonyl (C=O) groups is 3. The van der Waals surface area contributed by atoms with Gasteiger partial charge in [0, 0.05) is 51.9 Å². The van der Waals surface area contributed by atoms with Gasteiger partial charge in [-0.3, -0.25) is 29.1 Å². The third kappa shape index (κ3) is 10.3. The van der Waals surface area contributed by atoms with Crippen LogP contribution in [0.2, 0.25) is 0 Å². The first-order valence-electron chi connectivity index (χ1n) is 10.7. The zero-order valence-electron chi connectivity index (χ0n) is 18.5. The second kappa shape index (κ2) is 14.3. The van der Waals surface area contributed by atoms with Crippen LogP contribution < -0.4 is 0 Å². The van der Waals surface area contributed by atoms with E-state index in [1.54, 1.807) is 0 Å². The van der Waals surface area contributed by atoms with E-state index in [1.807, 2.05) is 14.7 Å². The van der Waals surface area contributed by atoms with Crippen LogP contribution in [-0.2, 0) is 19.1 Å². The minimum atomic E-state index is -0.889. The number of nitrogens with zero attached hydrogens (tertiary/aromatic N) is 4. The van der Waals surface area contributed by atoms with Crippen LogP contribution in [0.15, 0.2) is 0 Å². The second-order valence-corrected chi connectivity index (χ2v) is 8.10. The molecule has 1 atom stereocenters. The van der Waals surface area contributed by atoms with Crippen LogP contribution in [0, 0.1) is 5.92 Å². The summed E-state index contributed by atoms with van der Waals surface area (Å²) in [6.07, 6.45) is 0.681. The average Bonchev–Trinajstić information content (AvgIpc) is 2.68. The highest BCUT2D eigenvalue weighted by Crippen LogP contribution is 2.15. The van der Waals surface area contributed by atoms with Crippen molar-refractivity contribution in [2.24, 2.45) is 5.92 Å². The number of carbonyl (C=O) groups excluding carboxylic acids is 1. The number of hydrogen-bond acceptors (Lipinski definition) is 8. The van der Waals surface area contributed by atoms with Gasteiger partial charge >= 0.3 is 11.9 Å². The highest BCUT2D eigenvalue weighted by atomic mass is 16.5. The van der Waals surface area contributed by atoms with E-state index in [2.05, 4.69) is 25.7 Å². The van der Waals surface area contributed by atoms with Gasteiger partial charge in [-0.05, 0) is 18.9 Å². The van der Waals surface area contributed by atoms with Gasteiger partial charge in [0.2, 0.25) is 0 Å². The predicted molar refractivity (Wildman–Crippen MR) is 112 cm³/mol. The van der Waals surface area contributed by atoms with E-state index in [0.717, 1.165) is 19.6 Å². The summed E-state index contributed by atoms with van der Waals surface area (Å²) >= 11 is 0. The fraction of sp³-hybridized carbons (Fsp3) is 0.850. The molecule has 10 nitrogen and oxygen atoms in total. The van der Waals surface area contributed by atoms with E-state index in [4.69, 9.17) is 4.74 Å². The third-order valence-corrected chi connectivity index (χ3v) is 5.54. The lowest BCUT2D eigenvalue weighted by Gasteiger charge is -2.37. The van der Waals surface area contributed by atoms with Gasteiger partial charge in [-0.15, -0.1) is 0 Å². The van der Waals surface area contributed by atoms with Crippen LogP contribution in [-0.4, -0.2) is 126 Å². The first kappa shape index (κ1) is 26.3. The van der Waals surface area contributed by atoms with Gasteiger partial charge < -0.3 is 19.8 Å². The molecule has 0 amide bonds. The molecule has 0 radical (unpaired) electrons. The lowest BCUT2D eigenvalue weighted by atomic mass is 10.0. The number of carboxylic acid groups (broad SMARTS) is 2. The summed E-state index contributed by atoms with van der Waals surface area (Å²) in [6.45, 7) is 12.1. The molecule has 1 unspecified atom stereocenters. The largest absolute Gasteiger partial charge is 0.480 e. The second-order valence-electron chi connectivity index (χ2n) is 8.10. The Kier molecular flexibility index (Phi) is 12.5. The smallest absolute Gasteiger partial charge is 0.317 e. The van der Waals surface area contributed by atoms with Crippen LogP contribution in [0.1, 0.15) is 27.2 Å². The summed E-state index contributed by atoms with van der Waals surface area (Å²) in [5.74, 6) is -1.55. The summed E-state index contributed by atoms with van der Waals surface area (Å²) in [5, 5.41) is 18.7. The maximum absolute atomic E-state index is 11.5. The minimum Gasteiger partial charge on any atom is -0.480 e. The van der Waals surface area contributed by atoms with Crippen molar-refractivity contribution in [3.63, 3.8) is 0 Å². The molecule has 1 fully saturated rings. The van der Waals surface area contributed by atoms with E-state index in [9.17, 15) is 24.6 Å². The number of carboxylic acids is 2. The Morgan fingerprint density at radius 3 is 2.10 bits per heavy atom. The molecular weight excluding hydrogens is 392 g/mol. The number of rotatable bonds is 9. The van der Waals surface area contributed by atoms with Crippen molar-refractivity contribution in [3.05, 3.63) is 0 Å². The van der Waals surface area contributed by atoms with E-state index in [1.165, 1.54) is 0 Å². The van der Waals surface area contributed by atoms with Crippen LogP contribution in [0.4, 0.5) is 0 Å². The topological polar surface area (TPSA) is 114 Å². The van der Waals surface area contributed by atoms with Gasteiger partial charge in [-0.2, -0.15) is 0 Å². The van der Waals surface area contributed by atoms with Crippen LogP contribution in [0.3, 0.4) is 0 Å². The molecule has 0 aromatic carbocycles. The molecule has 0 aliphatic carbocycles. The van der Waals surface area contributed by atoms with Gasteiger partial charge in [0.25, 0.3) is 6.47 Å². The first-order chi connectivity index (χ1) is 14.3. The van der Waals surface area contributed by atoms with E-state index < -0.39 is 11.9 Å². The molecule has 1 heterocycles. The summed E-state index contributed by atoms with van der Waals surface area (Å²) in [6, 6.07) is -0.0277. The molecule has 30 heavy (non-hydrogen) atoms. The fourth-order valence-electron chi connectivity index (χ4n) is 3.85. The van der Waals surface area contributed by atoms with Crippen LogP contribution >= 0.6 is 0 Å². The molecule has 0 bridgehead atoms. The van der Waals surface area contributed by atoms with Gasteiger partial charge in [-0.25, -0.2) is 0 Å². The normalized spacial score (nSPS) is 22.1. The Bertz CT molecular complexity index is 533. The van der Waals surface area contributed by atoms with E-state index in [-0.39, 0.29) is 31.8 Å². The Labute approximate surface area is 179 Å². The number of aliphatic carboxylic acids is 2. The van der Waals surface area contributed by atoms with Crippen molar-refractivity contribution in [1.29, 1.82) is 0 Å². The first-order valence-corrected chi connectivity index (χ1v) is 10.7. The van der Waals surface area contributed by atoms with Gasteiger partial charge in [-0.1, -0.05) is 20.8 Å². The molecule has 1 aliphatic heterocycles. The Balaban J connectivity index is 3.07. The number of likely N-dealkylation sites (N-methyl/N-ethyl adjacent to an activating group) is 1. The van der Waals surface area contributed by atoms with Crippen molar-refractivity contribution >= 4 is 18.4 Å². The van der Waals surface area contributed by atoms with Crippen molar-refractivity contribution in [2.45, 2.75) is 33.2 Å². The quantitative estimate of drug-likeness (QED) is 0.482. The van der Waals surface area contributed by atoms with Crippen LogP contribution in [0.25, 0.3) is 0 Å². The molecule has 1 rings (SSSR count). The predicted octanol–water partition coefficient (Wildman–Crippen LogP) is -0.0577. The molecule has 0 spiro atoms. The van der Waals surface area contributed by atoms with Gasteiger partial charge in [0.1, 0.15) is 6.73 Å². The summed E-state index contributed by atoms with van der Waals surface area (Å²) in [5.41, 5.74) is 0. The molecule has 10 heteroatoms. The molecule has 0 saturated carbocycles. The summed E-state index contributed by atoms with van der Waals surface area (Å²) < 4.78 is 5.01. The maximum atomic E-state index is 11.5. The number of ether oxygens (including phenoxy) is 1. The Hall–Kier alpha value is -1.75. The lowest BCUT2D eigenvalue weighted by Crippen LogP contribution is -2.50. The van der Waals surface area contributed by atoms with Crippen molar-refractivity contribution < 1.29 is 29.3 Å². The average molecular weight is 431 g/mol. The van der Waals surface area contributed by atoms with Crippen LogP contribution in [0.5, 0.6) is 0 Å². The lowest BCUT2D eigenvalue weighted by molar-refractivity contribution is -0.139. The molecule has 0 aromatic rings. The zero-order chi connectivity index (χ0) is 22.5. The standard InChI is InChI=1S/C20H38N4O6/c1-4-21-8-10-22(13-19(26)27)6-5-7-24(14-20(28)29)18(17(2)3)12-23(11-9-21)15-30-16-25/h16-18H,4-15H2,1-3H3,(H,26,27)(H,28,29). The Morgan fingerprint density at radius 2 is 1.57 bits per heavy atom. The minimum absolute atomic E-state index is 0.0244. The monoisotopic (exact) mass is 430 g/mol. The van der Waals surface area contributed by atoms with Gasteiger partial charge in [0.15, 0.2) is 0 Å². The van der Waals surface area contributed by atoms with E-state index in [0.29, 0.717) is 45.6 Å². The third-order valence-electron chi connectivity index (χ3n) is 5.54. The summed E-state index contributed by atoms with van der Waals surface area (Å²) in [7, 11) is 0.